The minimum atomic E-state index is -0.181. The predicted molar refractivity (Wildman–Crippen MR) is 102 cm³/mol. The fraction of sp³-hybridized carbons (Fsp3) is 0.381. The van der Waals surface area contributed by atoms with Gasteiger partial charge in [-0.2, -0.15) is 0 Å². The Labute approximate surface area is 154 Å². The third-order valence-electron chi connectivity index (χ3n) is 4.77. The topological polar surface area (TPSA) is 62.3 Å². The third kappa shape index (κ3) is 4.48. The molecule has 1 aromatic carbocycles. The average Bonchev–Trinajstić information content (AvgIpc) is 2.66. The van der Waals surface area contributed by atoms with Crippen molar-refractivity contribution >= 4 is 11.8 Å². The van der Waals surface area contributed by atoms with Crippen LogP contribution in [0.25, 0.3) is 11.3 Å². The molecule has 1 N–H and O–H groups in total. The van der Waals surface area contributed by atoms with Crippen LogP contribution in [-0.4, -0.2) is 41.3 Å². The minimum Gasteiger partial charge on any atom is -0.347 e. The zero-order valence-corrected chi connectivity index (χ0v) is 15.4. The van der Waals surface area contributed by atoms with Crippen LogP contribution in [0.5, 0.6) is 0 Å². The maximum Gasteiger partial charge on any atom is 0.241 e. The lowest BCUT2D eigenvalue weighted by molar-refractivity contribution is -0.133. The van der Waals surface area contributed by atoms with Gasteiger partial charge in [-0.25, -0.2) is 0 Å². The Balaban J connectivity index is 1.73. The van der Waals surface area contributed by atoms with E-state index in [0.29, 0.717) is 6.54 Å². The van der Waals surface area contributed by atoms with Crippen LogP contribution in [-0.2, 0) is 9.59 Å². The second kappa shape index (κ2) is 8.13. The van der Waals surface area contributed by atoms with Gasteiger partial charge in [-0.1, -0.05) is 29.8 Å². The number of likely N-dealkylation sites (tertiary alicyclic amines) is 1. The zero-order valence-electron chi connectivity index (χ0n) is 15.4. The molecule has 1 aliphatic rings. The highest BCUT2D eigenvalue weighted by molar-refractivity contribution is 5.83. The molecule has 1 aliphatic heterocycles. The van der Waals surface area contributed by atoms with E-state index in [1.165, 1.54) is 12.5 Å². The Bertz CT molecular complexity index is 803. The maximum absolute atomic E-state index is 12.3. The van der Waals surface area contributed by atoms with Crippen molar-refractivity contribution in [1.29, 1.82) is 0 Å². The highest BCUT2D eigenvalue weighted by Gasteiger charge is 2.25. The van der Waals surface area contributed by atoms with Crippen molar-refractivity contribution in [3.05, 3.63) is 53.7 Å². The molecule has 2 heterocycles. The molecule has 3 rings (SSSR count). The van der Waals surface area contributed by atoms with Crippen molar-refractivity contribution in [3.8, 4) is 11.3 Å². The van der Waals surface area contributed by atoms with Crippen molar-refractivity contribution in [2.45, 2.75) is 32.6 Å². The monoisotopic (exact) mass is 351 g/mol. The number of hydrogen-bond acceptors (Lipinski definition) is 3. The van der Waals surface area contributed by atoms with Crippen LogP contribution in [0.3, 0.4) is 0 Å². The third-order valence-corrected chi connectivity index (χ3v) is 4.77. The van der Waals surface area contributed by atoms with Crippen molar-refractivity contribution in [1.82, 2.24) is 15.2 Å². The van der Waals surface area contributed by atoms with Gasteiger partial charge >= 0.3 is 0 Å². The van der Waals surface area contributed by atoms with Gasteiger partial charge in [0, 0.05) is 37.2 Å². The van der Waals surface area contributed by atoms with E-state index >= 15 is 0 Å². The van der Waals surface area contributed by atoms with Gasteiger partial charge in [-0.05, 0) is 38.0 Å². The molecular weight excluding hydrogens is 326 g/mol. The zero-order chi connectivity index (χ0) is 18.5. The molecule has 26 heavy (non-hydrogen) atoms. The number of amides is 2. The van der Waals surface area contributed by atoms with Crippen LogP contribution < -0.4 is 5.32 Å². The summed E-state index contributed by atoms with van der Waals surface area (Å²) in [6, 6.07) is 14.4. The molecule has 0 aliphatic carbocycles. The number of aryl methyl sites for hydroxylation is 1. The number of pyridine rings is 1. The number of benzene rings is 1. The molecule has 1 fully saturated rings. The van der Waals surface area contributed by atoms with E-state index in [4.69, 9.17) is 4.98 Å². The summed E-state index contributed by atoms with van der Waals surface area (Å²) >= 11 is 0. The van der Waals surface area contributed by atoms with Crippen molar-refractivity contribution in [2.24, 2.45) is 0 Å². The van der Waals surface area contributed by atoms with Gasteiger partial charge in [0.1, 0.15) is 0 Å². The van der Waals surface area contributed by atoms with Crippen molar-refractivity contribution < 1.29 is 9.59 Å². The van der Waals surface area contributed by atoms with Gasteiger partial charge in [-0.3, -0.25) is 14.6 Å². The Morgan fingerprint density at radius 3 is 2.81 bits per heavy atom. The molecule has 1 saturated heterocycles. The molecule has 2 amide bonds. The van der Waals surface area contributed by atoms with Crippen LogP contribution in [0.2, 0.25) is 0 Å². The molecular formula is C21H25N3O2. The van der Waals surface area contributed by atoms with Gasteiger partial charge in [0.05, 0.1) is 12.2 Å². The normalized spacial score (nSPS) is 17.0. The second-order valence-corrected chi connectivity index (χ2v) is 6.91. The SMILES string of the molecule is CC(=O)NCC(=O)N1CCC[C@@H](c2cccc(-c3cccc(C)c3)n2)C1. The lowest BCUT2D eigenvalue weighted by Gasteiger charge is -2.32. The van der Waals surface area contributed by atoms with Crippen LogP contribution in [0.15, 0.2) is 42.5 Å². The quantitative estimate of drug-likeness (QED) is 0.921. The maximum atomic E-state index is 12.3. The van der Waals surface area contributed by atoms with Crippen LogP contribution in [0.1, 0.15) is 36.9 Å². The van der Waals surface area contributed by atoms with E-state index in [-0.39, 0.29) is 24.3 Å². The fourth-order valence-corrected chi connectivity index (χ4v) is 3.40. The summed E-state index contributed by atoms with van der Waals surface area (Å²) in [4.78, 5) is 30.0. The van der Waals surface area contributed by atoms with Gasteiger partial charge in [0.15, 0.2) is 0 Å². The number of rotatable bonds is 4. The molecule has 0 unspecified atom stereocenters. The number of aromatic nitrogens is 1. The Hall–Kier alpha value is -2.69. The van der Waals surface area contributed by atoms with E-state index in [0.717, 1.165) is 36.3 Å². The molecule has 0 bridgehead atoms. The first kappa shape index (κ1) is 18.1. The molecule has 5 heteroatoms. The van der Waals surface area contributed by atoms with Gasteiger partial charge in [0.25, 0.3) is 0 Å². The highest BCUT2D eigenvalue weighted by atomic mass is 16.2. The number of nitrogens with zero attached hydrogens (tertiary/aromatic N) is 2. The Morgan fingerprint density at radius 2 is 2.04 bits per heavy atom. The molecule has 2 aromatic rings. The fourth-order valence-electron chi connectivity index (χ4n) is 3.40. The van der Waals surface area contributed by atoms with E-state index in [2.05, 4.69) is 30.4 Å². The number of piperidine rings is 1. The summed E-state index contributed by atoms with van der Waals surface area (Å²) in [5.41, 5.74) is 4.32. The number of carbonyl (C=O) groups excluding carboxylic acids is 2. The van der Waals surface area contributed by atoms with Crippen molar-refractivity contribution in [2.75, 3.05) is 19.6 Å². The Kier molecular flexibility index (Phi) is 5.66. The second-order valence-electron chi connectivity index (χ2n) is 6.91. The summed E-state index contributed by atoms with van der Waals surface area (Å²) in [6.07, 6.45) is 1.97. The first-order valence-corrected chi connectivity index (χ1v) is 9.09. The first-order chi connectivity index (χ1) is 12.5. The van der Waals surface area contributed by atoms with Crippen LogP contribution in [0.4, 0.5) is 0 Å². The highest BCUT2D eigenvalue weighted by Crippen LogP contribution is 2.28. The van der Waals surface area contributed by atoms with E-state index in [9.17, 15) is 9.59 Å². The summed E-state index contributed by atoms with van der Waals surface area (Å²) in [7, 11) is 0. The summed E-state index contributed by atoms with van der Waals surface area (Å²) < 4.78 is 0. The molecule has 0 saturated carbocycles. The van der Waals surface area contributed by atoms with Gasteiger partial charge < -0.3 is 10.2 Å². The smallest absolute Gasteiger partial charge is 0.241 e. The number of hydrogen-bond donors (Lipinski definition) is 1. The first-order valence-electron chi connectivity index (χ1n) is 9.09. The van der Waals surface area contributed by atoms with E-state index < -0.39 is 0 Å². The van der Waals surface area contributed by atoms with Crippen molar-refractivity contribution in [3.63, 3.8) is 0 Å². The predicted octanol–water partition coefficient (Wildman–Crippen LogP) is 2.90. The largest absolute Gasteiger partial charge is 0.347 e. The summed E-state index contributed by atoms with van der Waals surface area (Å²) in [6.45, 7) is 4.97. The summed E-state index contributed by atoms with van der Waals surface area (Å²) in [5, 5.41) is 2.59. The number of carbonyl (C=O) groups is 2. The molecule has 136 valence electrons. The number of nitrogens with one attached hydrogen (secondary N) is 1. The lowest BCUT2D eigenvalue weighted by atomic mass is 9.93. The van der Waals surface area contributed by atoms with Crippen LogP contribution in [0, 0.1) is 6.92 Å². The van der Waals surface area contributed by atoms with Gasteiger partial charge in [-0.15, -0.1) is 0 Å². The molecule has 1 aromatic heterocycles. The molecule has 0 radical (unpaired) electrons. The van der Waals surface area contributed by atoms with Crippen LogP contribution >= 0.6 is 0 Å². The Morgan fingerprint density at radius 1 is 1.23 bits per heavy atom. The lowest BCUT2D eigenvalue weighted by Crippen LogP contribution is -2.44. The standard InChI is InChI=1S/C21H25N3O2/c1-15-6-3-7-17(12-15)19-9-4-10-20(23-19)18-8-5-11-24(14-18)21(26)13-22-16(2)25/h3-4,6-7,9-10,12,18H,5,8,11,13-14H2,1-2H3,(H,22,25)/t18-/m1/s1. The minimum absolute atomic E-state index is 0.0280. The van der Waals surface area contributed by atoms with E-state index in [1.54, 1.807) is 0 Å². The molecule has 5 nitrogen and oxygen atoms in total. The molecule has 1 atom stereocenters. The van der Waals surface area contributed by atoms with Gasteiger partial charge in [0.2, 0.25) is 11.8 Å². The molecule has 0 spiro atoms. The van der Waals surface area contributed by atoms with E-state index in [1.807, 2.05) is 29.2 Å². The summed E-state index contributed by atoms with van der Waals surface area (Å²) in [5.74, 6) is 0.0222. The average molecular weight is 351 g/mol.